The van der Waals surface area contributed by atoms with Crippen LogP contribution < -0.4 is 0 Å². The summed E-state index contributed by atoms with van der Waals surface area (Å²) in [4.78, 5) is 22.5. The Labute approximate surface area is 116 Å². The maximum Gasteiger partial charge on any atom is 0.159 e. The van der Waals surface area contributed by atoms with E-state index in [0.29, 0.717) is 35.9 Å². The first-order chi connectivity index (χ1) is 9.04. The number of aldehydes is 1. The van der Waals surface area contributed by atoms with Gasteiger partial charge in [0.2, 0.25) is 0 Å². The molecule has 2 rings (SSSR count). The second kappa shape index (κ2) is 6.02. The Morgan fingerprint density at radius 1 is 1.32 bits per heavy atom. The van der Waals surface area contributed by atoms with Crippen LogP contribution in [0.15, 0.2) is 11.1 Å². The summed E-state index contributed by atoms with van der Waals surface area (Å²) in [6.07, 6.45) is 7.02. The number of carbonyl (C=O) groups is 2. The van der Waals surface area contributed by atoms with E-state index in [2.05, 4.69) is 13.8 Å². The van der Waals surface area contributed by atoms with Crippen LogP contribution in [-0.4, -0.2) is 12.1 Å². The lowest BCUT2D eigenvalue weighted by atomic mass is 9.82. The van der Waals surface area contributed by atoms with Crippen molar-refractivity contribution in [2.75, 3.05) is 0 Å². The summed E-state index contributed by atoms with van der Waals surface area (Å²) in [6.45, 7) is 6.59. The van der Waals surface area contributed by atoms with Crippen molar-refractivity contribution in [2.24, 2.45) is 23.7 Å². The zero-order valence-corrected chi connectivity index (χ0v) is 12.4. The first-order valence-electron chi connectivity index (χ1n) is 7.71. The van der Waals surface area contributed by atoms with E-state index in [-0.39, 0.29) is 0 Å². The molecule has 0 N–H and O–H groups in total. The predicted octanol–water partition coefficient (Wildman–Crippen LogP) is 3.94. The van der Waals surface area contributed by atoms with Gasteiger partial charge in [-0.15, -0.1) is 0 Å². The molecule has 2 nitrogen and oxygen atoms in total. The zero-order valence-electron chi connectivity index (χ0n) is 12.4. The van der Waals surface area contributed by atoms with Gasteiger partial charge in [-0.05, 0) is 61.9 Å². The third kappa shape index (κ3) is 2.98. The highest BCUT2D eigenvalue weighted by atomic mass is 16.1. The topological polar surface area (TPSA) is 34.1 Å². The van der Waals surface area contributed by atoms with Gasteiger partial charge in [0.1, 0.15) is 6.29 Å². The first kappa shape index (κ1) is 14.5. The Morgan fingerprint density at radius 2 is 2.05 bits per heavy atom. The van der Waals surface area contributed by atoms with Crippen LogP contribution in [0.2, 0.25) is 0 Å². The van der Waals surface area contributed by atoms with E-state index in [1.54, 1.807) is 0 Å². The lowest BCUT2D eigenvalue weighted by Crippen LogP contribution is -2.12. The lowest BCUT2D eigenvalue weighted by molar-refractivity contribution is -0.115. The summed E-state index contributed by atoms with van der Waals surface area (Å²) >= 11 is 0. The fraction of sp³-hybridized carbons (Fsp3) is 0.765. The molecule has 0 aromatic carbocycles. The maximum atomic E-state index is 11.9. The summed E-state index contributed by atoms with van der Waals surface area (Å²) < 4.78 is 0. The van der Waals surface area contributed by atoms with Crippen molar-refractivity contribution >= 4 is 12.1 Å². The molecule has 0 bridgehead atoms. The molecule has 4 atom stereocenters. The van der Waals surface area contributed by atoms with Crippen LogP contribution in [-0.2, 0) is 9.59 Å². The fourth-order valence-corrected chi connectivity index (χ4v) is 3.90. The first-order valence-corrected chi connectivity index (χ1v) is 7.71. The fourth-order valence-electron chi connectivity index (χ4n) is 3.90. The summed E-state index contributed by atoms with van der Waals surface area (Å²) in [5.41, 5.74) is 2.49. The van der Waals surface area contributed by atoms with Crippen molar-refractivity contribution in [1.82, 2.24) is 0 Å². The summed E-state index contributed by atoms with van der Waals surface area (Å²) in [5, 5.41) is 0. The third-order valence-electron chi connectivity index (χ3n) is 5.46. The Balaban J connectivity index is 2.13. The second-order valence-electron chi connectivity index (χ2n) is 6.62. The van der Waals surface area contributed by atoms with Gasteiger partial charge in [-0.3, -0.25) is 4.79 Å². The minimum absolute atomic E-state index is 0.369. The van der Waals surface area contributed by atoms with Crippen molar-refractivity contribution < 1.29 is 9.59 Å². The molecule has 0 heterocycles. The molecule has 0 saturated heterocycles. The molecule has 2 aliphatic carbocycles. The standard InChI is InChI=1S/C17H26O2/c1-11(5-4-8-18)14-7-6-12(2)15-10-17(19)13(3)16(15)9-14/h8,11-12,14-15H,4-7,9-10H2,1-3H3/t11-,12+,14+,15+/m0/s1. The molecule has 19 heavy (non-hydrogen) atoms. The van der Waals surface area contributed by atoms with Crippen molar-refractivity contribution in [3.63, 3.8) is 0 Å². The molecule has 1 saturated carbocycles. The highest BCUT2D eigenvalue weighted by Gasteiger charge is 2.37. The number of rotatable bonds is 4. The quantitative estimate of drug-likeness (QED) is 0.719. The van der Waals surface area contributed by atoms with E-state index in [1.807, 2.05) is 6.92 Å². The molecule has 0 aromatic rings. The minimum Gasteiger partial charge on any atom is -0.303 e. The molecular weight excluding hydrogens is 236 g/mol. The van der Waals surface area contributed by atoms with E-state index >= 15 is 0 Å². The number of allylic oxidation sites excluding steroid dienone is 2. The normalized spacial score (nSPS) is 33.0. The zero-order chi connectivity index (χ0) is 14.0. The van der Waals surface area contributed by atoms with E-state index in [1.165, 1.54) is 18.4 Å². The van der Waals surface area contributed by atoms with Gasteiger partial charge in [-0.2, -0.15) is 0 Å². The molecule has 2 aliphatic rings. The molecule has 2 heteroatoms. The Hall–Kier alpha value is -0.920. The van der Waals surface area contributed by atoms with Crippen LogP contribution in [0.1, 0.15) is 59.3 Å². The van der Waals surface area contributed by atoms with Gasteiger partial charge in [-0.25, -0.2) is 0 Å². The van der Waals surface area contributed by atoms with E-state index < -0.39 is 0 Å². The Kier molecular flexibility index (Phi) is 4.59. The molecular formula is C17H26O2. The van der Waals surface area contributed by atoms with Gasteiger partial charge in [0.25, 0.3) is 0 Å². The predicted molar refractivity (Wildman–Crippen MR) is 76.8 cm³/mol. The average molecular weight is 262 g/mol. The Morgan fingerprint density at radius 3 is 2.74 bits per heavy atom. The molecule has 0 aliphatic heterocycles. The van der Waals surface area contributed by atoms with Gasteiger partial charge < -0.3 is 4.79 Å². The van der Waals surface area contributed by atoms with E-state index in [0.717, 1.165) is 31.1 Å². The van der Waals surface area contributed by atoms with Gasteiger partial charge in [0, 0.05) is 12.8 Å². The molecule has 0 aromatic heterocycles. The molecule has 0 unspecified atom stereocenters. The maximum absolute atomic E-state index is 11.9. The van der Waals surface area contributed by atoms with Crippen LogP contribution >= 0.6 is 0 Å². The number of hydrogen-bond donors (Lipinski definition) is 0. The molecule has 106 valence electrons. The Bertz CT molecular complexity index is 394. The van der Waals surface area contributed by atoms with Crippen LogP contribution in [0.3, 0.4) is 0 Å². The number of ketones is 1. The highest BCUT2D eigenvalue weighted by Crippen LogP contribution is 2.45. The van der Waals surface area contributed by atoms with E-state index in [9.17, 15) is 9.59 Å². The minimum atomic E-state index is 0.369. The molecule has 1 fully saturated rings. The monoisotopic (exact) mass is 262 g/mol. The molecule has 0 radical (unpaired) electrons. The van der Waals surface area contributed by atoms with Crippen LogP contribution in [0, 0.1) is 23.7 Å². The van der Waals surface area contributed by atoms with Crippen molar-refractivity contribution in [3.05, 3.63) is 11.1 Å². The molecule has 0 amide bonds. The van der Waals surface area contributed by atoms with Crippen molar-refractivity contribution in [3.8, 4) is 0 Å². The number of carbonyl (C=O) groups excluding carboxylic acids is 2. The van der Waals surface area contributed by atoms with E-state index in [4.69, 9.17) is 0 Å². The summed E-state index contributed by atoms with van der Waals surface area (Å²) in [6, 6.07) is 0. The highest BCUT2D eigenvalue weighted by molar-refractivity contribution is 5.98. The van der Waals surface area contributed by atoms with Crippen molar-refractivity contribution in [1.29, 1.82) is 0 Å². The third-order valence-corrected chi connectivity index (χ3v) is 5.46. The van der Waals surface area contributed by atoms with Crippen LogP contribution in [0.5, 0.6) is 0 Å². The molecule has 0 spiro atoms. The SMILES string of the molecule is CC1=C2C[C@H]([C@@H](C)CCC=O)CC[C@@H](C)[C@H]2CC1=O. The van der Waals surface area contributed by atoms with Gasteiger partial charge >= 0.3 is 0 Å². The lowest BCUT2D eigenvalue weighted by Gasteiger charge is -2.23. The number of hydrogen-bond acceptors (Lipinski definition) is 2. The largest absolute Gasteiger partial charge is 0.303 e. The number of Topliss-reactive ketones (excluding diaryl/α,β-unsaturated/α-hetero) is 1. The van der Waals surface area contributed by atoms with Crippen LogP contribution in [0.4, 0.5) is 0 Å². The van der Waals surface area contributed by atoms with Gasteiger partial charge in [-0.1, -0.05) is 19.4 Å². The van der Waals surface area contributed by atoms with Gasteiger partial charge in [0.15, 0.2) is 5.78 Å². The van der Waals surface area contributed by atoms with Gasteiger partial charge in [0.05, 0.1) is 0 Å². The second-order valence-corrected chi connectivity index (χ2v) is 6.62. The number of fused-ring (bicyclic) bond motifs is 1. The average Bonchev–Trinajstić information content (AvgIpc) is 2.58. The smallest absolute Gasteiger partial charge is 0.159 e. The summed E-state index contributed by atoms with van der Waals surface area (Å²) in [7, 11) is 0. The van der Waals surface area contributed by atoms with Crippen LogP contribution in [0.25, 0.3) is 0 Å². The summed E-state index contributed by atoms with van der Waals surface area (Å²) in [5.74, 6) is 2.76. The van der Waals surface area contributed by atoms with Crippen molar-refractivity contribution in [2.45, 2.75) is 59.3 Å².